The van der Waals surface area contributed by atoms with Crippen LogP contribution in [0.3, 0.4) is 0 Å². The molecule has 92 valence electrons. The molecule has 1 N–H and O–H groups in total. The molecule has 2 aliphatic carbocycles. The van der Waals surface area contributed by atoms with Gasteiger partial charge in [0.15, 0.2) is 0 Å². The number of fused-ring (bicyclic) bond motifs is 2. The minimum absolute atomic E-state index is 0.888. The van der Waals surface area contributed by atoms with Crippen LogP contribution >= 0.6 is 0 Å². The summed E-state index contributed by atoms with van der Waals surface area (Å²) in [6.07, 6.45) is 5.86. The summed E-state index contributed by atoms with van der Waals surface area (Å²) < 4.78 is 5.36. The lowest BCUT2D eigenvalue weighted by atomic mass is 9.89. The van der Waals surface area contributed by atoms with Crippen LogP contribution in [0.1, 0.15) is 25.7 Å². The van der Waals surface area contributed by atoms with Crippen molar-refractivity contribution in [3.63, 3.8) is 0 Å². The van der Waals surface area contributed by atoms with Crippen molar-refractivity contribution in [2.24, 2.45) is 17.8 Å². The molecule has 0 aromatic heterocycles. The van der Waals surface area contributed by atoms with Crippen molar-refractivity contribution in [2.75, 3.05) is 19.0 Å². The highest BCUT2D eigenvalue weighted by molar-refractivity contribution is 5.56. The van der Waals surface area contributed by atoms with Crippen molar-refractivity contribution in [2.45, 2.75) is 25.7 Å². The Morgan fingerprint density at radius 2 is 2.12 bits per heavy atom. The van der Waals surface area contributed by atoms with Crippen LogP contribution < -0.4 is 10.1 Å². The minimum Gasteiger partial charge on any atom is -0.495 e. The zero-order valence-electron chi connectivity index (χ0n) is 10.5. The van der Waals surface area contributed by atoms with Crippen LogP contribution in [0.25, 0.3) is 0 Å². The number of para-hydroxylation sites is 2. The molecule has 1 aromatic carbocycles. The predicted octanol–water partition coefficient (Wildman–Crippen LogP) is 3.54. The van der Waals surface area contributed by atoms with E-state index in [9.17, 15) is 0 Å². The Hall–Kier alpha value is -1.18. The monoisotopic (exact) mass is 231 g/mol. The third kappa shape index (κ3) is 2.13. The molecule has 17 heavy (non-hydrogen) atoms. The highest BCUT2D eigenvalue weighted by Crippen LogP contribution is 2.48. The first-order chi connectivity index (χ1) is 8.36. The first kappa shape index (κ1) is 10.9. The van der Waals surface area contributed by atoms with Crippen molar-refractivity contribution in [3.8, 4) is 5.75 Å². The quantitative estimate of drug-likeness (QED) is 0.855. The molecule has 0 spiro atoms. The van der Waals surface area contributed by atoms with Crippen LogP contribution in [0.15, 0.2) is 24.3 Å². The van der Waals surface area contributed by atoms with Crippen LogP contribution in [0.2, 0.25) is 0 Å². The fraction of sp³-hybridized carbons (Fsp3) is 0.600. The van der Waals surface area contributed by atoms with E-state index in [0.717, 1.165) is 35.7 Å². The number of anilines is 1. The Bertz CT molecular complexity index is 390. The minimum atomic E-state index is 0.888. The summed E-state index contributed by atoms with van der Waals surface area (Å²) in [6.45, 7) is 1.11. The number of rotatable bonds is 4. The van der Waals surface area contributed by atoms with E-state index in [-0.39, 0.29) is 0 Å². The smallest absolute Gasteiger partial charge is 0.141 e. The molecular weight excluding hydrogens is 210 g/mol. The van der Waals surface area contributed by atoms with Gasteiger partial charge in [-0.05, 0) is 49.1 Å². The Labute approximate surface area is 103 Å². The number of hydrogen-bond donors (Lipinski definition) is 1. The van der Waals surface area contributed by atoms with Crippen molar-refractivity contribution in [1.82, 2.24) is 0 Å². The molecule has 3 rings (SSSR count). The van der Waals surface area contributed by atoms with E-state index in [0.29, 0.717) is 0 Å². The van der Waals surface area contributed by atoms with E-state index < -0.39 is 0 Å². The third-order valence-corrected chi connectivity index (χ3v) is 4.55. The molecule has 0 saturated heterocycles. The molecule has 2 fully saturated rings. The van der Waals surface area contributed by atoms with Crippen LogP contribution in [0.5, 0.6) is 5.75 Å². The molecule has 2 saturated carbocycles. The van der Waals surface area contributed by atoms with Gasteiger partial charge in [0.05, 0.1) is 12.8 Å². The molecular formula is C15H21NO. The standard InChI is InChI=1S/C15H21NO/c1-17-15-5-3-2-4-14(15)16-10-13-9-11-6-7-12(13)8-11/h2-5,11-13,16H,6-10H2,1H3. The summed E-state index contributed by atoms with van der Waals surface area (Å²) in [4.78, 5) is 0. The van der Waals surface area contributed by atoms with Gasteiger partial charge in [-0.1, -0.05) is 18.6 Å². The third-order valence-electron chi connectivity index (χ3n) is 4.55. The molecule has 2 nitrogen and oxygen atoms in total. The Balaban J connectivity index is 1.60. The number of hydrogen-bond acceptors (Lipinski definition) is 2. The van der Waals surface area contributed by atoms with E-state index >= 15 is 0 Å². The Kier molecular flexibility index (Phi) is 2.96. The van der Waals surface area contributed by atoms with E-state index in [1.165, 1.54) is 25.7 Å². The van der Waals surface area contributed by atoms with Gasteiger partial charge in [-0.3, -0.25) is 0 Å². The lowest BCUT2D eigenvalue weighted by Gasteiger charge is -2.22. The lowest BCUT2D eigenvalue weighted by molar-refractivity contribution is 0.347. The molecule has 0 aliphatic heterocycles. The normalized spacial score (nSPS) is 30.5. The van der Waals surface area contributed by atoms with E-state index in [4.69, 9.17) is 4.74 Å². The fourth-order valence-electron chi connectivity index (χ4n) is 3.66. The SMILES string of the molecule is COc1ccccc1NCC1CC2CCC1C2. The summed E-state index contributed by atoms with van der Waals surface area (Å²) >= 11 is 0. The van der Waals surface area contributed by atoms with E-state index in [2.05, 4.69) is 17.4 Å². The molecule has 0 heterocycles. The summed E-state index contributed by atoms with van der Waals surface area (Å²) in [5.41, 5.74) is 1.14. The molecule has 0 amide bonds. The molecule has 2 aliphatic rings. The topological polar surface area (TPSA) is 21.3 Å². The van der Waals surface area contributed by atoms with Gasteiger partial charge in [0.2, 0.25) is 0 Å². The Morgan fingerprint density at radius 3 is 2.82 bits per heavy atom. The first-order valence-electron chi connectivity index (χ1n) is 6.73. The Morgan fingerprint density at radius 1 is 1.24 bits per heavy atom. The van der Waals surface area contributed by atoms with Crippen molar-refractivity contribution in [1.29, 1.82) is 0 Å². The van der Waals surface area contributed by atoms with Crippen LogP contribution in [-0.2, 0) is 0 Å². The number of nitrogens with one attached hydrogen (secondary N) is 1. The zero-order chi connectivity index (χ0) is 11.7. The predicted molar refractivity (Wildman–Crippen MR) is 70.4 cm³/mol. The molecule has 0 radical (unpaired) electrons. The summed E-state index contributed by atoms with van der Waals surface area (Å²) in [5, 5.41) is 3.57. The zero-order valence-corrected chi connectivity index (χ0v) is 10.5. The van der Waals surface area contributed by atoms with Crippen LogP contribution in [0, 0.1) is 17.8 Å². The largest absolute Gasteiger partial charge is 0.495 e. The number of ether oxygens (including phenoxy) is 1. The maximum absolute atomic E-state index is 5.36. The maximum atomic E-state index is 5.36. The van der Waals surface area contributed by atoms with Crippen molar-refractivity contribution in [3.05, 3.63) is 24.3 Å². The summed E-state index contributed by atoms with van der Waals surface area (Å²) in [5.74, 6) is 3.86. The highest BCUT2D eigenvalue weighted by Gasteiger charge is 2.39. The van der Waals surface area contributed by atoms with Gasteiger partial charge in [-0.15, -0.1) is 0 Å². The van der Waals surface area contributed by atoms with Crippen LogP contribution in [0.4, 0.5) is 5.69 Å². The first-order valence-corrected chi connectivity index (χ1v) is 6.73. The molecule has 2 heteroatoms. The molecule has 3 unspecified atom stereocenters. The maximum Gasteiger partial charge on any atom is 0.141 e. The van der Waals surface area contributed by atoms with E-state index in [1.54, 1.807) is 7.11 Å². The second-order valence-electron chi connectivity index (χ2n) is 5.52. The van der Waals surface area contributed by atoms with Crippen molar-refractivity contribution < 1.29 is 4.74 Å². The van der Waals surface area contributed by atoms with Gasteiger partial charge in [0.1, 0.15) is 5.75 Å². The fourth-order valence-corrected chi connectivity index (χ4v) is 3.66. The average molecular weight is 231 g/mol. The number of benzene rings is 1. The van der Waals surface area contributed by atoms with Gasteiger partial charge >= 0.3 is 0 Å². The second-order valence-corrected chi connectivity index (χ2v) is 5.52. The van der Waals surface area contributed by atoms with Gasteiger partial charge in [-0.2, -0.15) is 0 Å². The number of methoxy groups -OCH3 is 1. The molecule has 1 aromatic rings. The summed E-state index contributed by atoms with van der Waals surface area (Å²) in [6, 6.07) is 8.20. The van der Waals surface area contributed by atoms with E-state index in [1.807, 2.05) is 12.1 Å². The second kappa shape index (κ2) is 4.59. The lowest BCUT2D eigenvalue weighted by Crippen LogP contribution is -2.20. The van der Waals surface area contributed by atoms with Gasteiger partial charge in [0, 0.05) is 6.54 Å². The molecule has 2 bridgehead atoms. The van der Waals surface area contributed by atoms with Gasteiger partial charge in [0.25, 0.3) is 0 Å². The van der Waals surface area contributed by atoms with Gasteiger partial charge < -0.3 is 10.1 Å². The highest BCUT2D eigenvalue weighted by atomic mass is 16.5. The summed E-state index contributed by atoms with van der Waals surface area (Å²) in [7, 11) is 1.73. The van der Waals surface area contributed by atoms with Crippen LogP contribution in [-0.4, -0.2) is 13.7 Å². The molecule has 3 atom stereocenters. The van der Waals surface area contributed by atoms with Gasteiger partial charge in [-0.25, -0.2) is 0 Å². The van der Waals surface area contributed by atoms with Crippen molar-refractivity contribution >= 4 is 5.69 Å². The average Bonchev–Trinajstić information content (AvgIpc) is 2.98.